The summed E-state index contributed by atoms with van der Waals surface area (Å²) in [5, 5.41) is 0. The lowest BCUT2D eigenvalue weighted by Gasteiger charge is -2.28. The fourth-order valence-electron chi connectivity index (χ4n) is 1.23. The number of carbonyl (C=O) groups excluding carboxylic acids is 1. The third-order valence-electron chi connectivity index (χ3n) is 2.23. The topological polar surface area (TPSA) is 63.7 Å². The molecule has 15 heavy (non-hydrogen) atoms. The number of nitrogens with zero attached hydrogens (tertiary/aromatic N) is 1. The number of morpholine rings is 1. The number of alkyl halides is 1. The summed E-state index contributed by atoms with van der Waals surface area (Å²) in [6, 6.07) is 0. The second kappa shape index (κ2) is 5.14. The second-order valence-electron chi connectivity index (χ2n) is 3.21. The summed E-state index contributed by atoms with van der Waals surface area (Å²) in [5.41, 5.74) is 0. The summed E-state index contributed by atoms with van der Waals surface area (Å²) in [7, 11) is -3.51. The highest BCUT2D eigenvalue weighted by Gasteiger charge is 2.33. The first kappa shape index (κ1) is 12.7. The zero-order valence-corrected chi connectivity index (χ0v) is 10.1. The van der Waals surface area contributed by atoms with Crippen molar-refractivity contribution in [2.75, 3.05) is 32.1 Å². The van der Waals surface area contributed by atoms with Gasteiger partial charge < -0.3 is 9.64 Å². The van der Waals surface area contributed by atoms with E-state index in [1.54, 1.807) is 0 Å². The molecule has 1 rings (SSSR count). The van der Waals surface area contributed by atoms with Gasteiger partial charge in [-0.05, 0) is 0 Å². The molecule has 1 fully saturated rings. The van der Waals surface area contributed by atoms with Crippen LogP contribution in [0.2, 0.25) is 0 Å². The lowest BCUT2D eigenvalue weighted by molar-refractivity contribution is -0.133. The van der Waals surface area contributed by atoms with Crippen molar-refractivity contribution in [3.63, 3.8) is 0 Å². The van der Waals surface area contributed by atoms with E-state index in [0.29, 0.717) is 26.3 Å². The van der Waals surface area contributed by atoms with Crippen LogP contribution < -0.4 is 0 Å². The Morgan fingerprint density at radius 1 is 1.47 bits per heavy atom. The van der Waals surface area contributed by atoms with E-state index in [2.05, 4.69) is 0 Å². The molecule has 0 aromatic heterocycles. The minimum absolute atomic E-state index is 0.128. The van der Waals surface area contributed by atoms with Crippen LogP contribution in [0.3, 0.4) is 0 Å². The number of amides is 1. The Kier molecular flexibility index (Phi) is 4.36. The molecule has 0 N–H and O–H groups in total. The van der Waals surface area contributed by atoms with Crippen molar-refractivity contribution >= 4 is 27.3 Å². The molecule has 7 heteroatoms. The molecule has 1 saturated heterocycles. The number of ether oxygens (including phenoxy) is 1. The number of halogens is 1. The van der Waals surface area contributed by atoms with Gasteiger partial charge in [0.15, 0.2) is 9.84 Å². The van der Waals surface area contributed by atoms with Gasteiger partial charge in [-0.25, -0.2) is 8.42 Å². The van der Waals surface area contributed by atoms with E-state index < -0.39 is 20.5 Å². The average Bonchev–Trinajstić information content (AvgIpc) is 2.28. The molecule has 0 radical (unpaired) electrons. The van der Waals surface area contributed by atoms with Crippen LogP contribution in [-0.4, -0.2) is 56.0 Å². The van der Waals surface area contributed by atoms with Crippen LogP contribution in [0.25, 0.3) is 0 Å². The first-order valence-corrected chi connectivity index (χ1v) is 6.86. The largest absolute Gasteiger partial charge is 0.378 e. The molecule has 0 bridgehead atoms. The minimum Gasteiger partial charge on any atom is -0.378 e. The van der Waals surface area contributed by atoms with Gasteiger partial charge >= 0.3 is 0 Å². The van der Waals surface area contributed by atoms with Gasteiger partial charge in [0.05, 0.1) is 13.2 Å². The third-order valence-corrected chi connectivity index (χ3v) is 4.87. The maximum atomic E-state index is 11.7. The summed E-state index contributed by atoms with van der Waals surface area (Å²) in [5.74, 6) is -0.668. The van der Waals surface area contributed by atoms with E-state index >= 15 is 0 Å². The summed E-state index contributed by atoms with van der Waals surface area (Å²) in [6.45, 7) is 3.14. The predicted molar refractivity (Wildman–Crippen MR) is 56.5 cm³/mol. The molecule has 5 nitrogen and oxygen atoms in total. The molecule has 1 heterocycles. The van der Waals surface area contributed by atoms with Gasteiger partial charge in [-0.3, -0.25) is 4.79 Å². The zero-order chi connectivity index (χ0) is 11.5. The van der Waals surface area contributed by atoms with Gasteiger partial charge in [0.2, 0.25) is 4.71 Å². The first-order valence-electron chi connectivity index (χ1n) is 4.71. The normalized spacial score (nSPS) is 20.0. The van der Waals surface area contributed by atoms with E-state index in [1.807, 2.05) is 0 Å². The number of hydrogen-bond acceptors (Lipinski definition) is 4. The number of sulfone groups is 1. The fraction of sp³-hybridized carbons (Fsp3) is 0.875. The van der Waals surface area contributed by atoms with Crippen molar-refractivity contribution in [3.8, 4) is 0 Å². The van der Waals surface area contributed by atoms with Gasteiger partial charge in [0, 0.05) is 18.8 Å². The van der Waals surface area contributed by atoms with E-state index in [0.717, 1.165) is 0 Å². The lowest BCUT2D eigenvalue weighted by Crippen LogP contribution is -2.46. The van der Waals surface area contributed by atoms with Crippen LogP contribution >= 0.6 is 11.6 Å². The minimum atomic E-state index is -3.51. The zero-order valence-electron chi connectivity index (χ0n) is 8.48. The molecule has 0 aromatic carbocycles. The van der Waals surface area contributed by atoms with Crippen LogP contribution in [0.1, 0.15) is 6.92 Å². The number of hydrogen-bond donors (Lipinski definition) is 0. The SMILES string of the molecule is CCS(=O)(=O)[C@H](Cl)C(=O)N1CCOCC1. The molecule has 1 aliphatic rings. The first-order chi connectivity index (χ1) is 6.99. The van der Waals surface area contributed by atoms with Crippen LogP contribution in [0.15, 0.2) is 0 Å². The van der Waals surface area contributed by atoms with Crippen LogP contribution in [0.4, 0.5) is 0 Å². The fourth-order valence-corrected chi connectivity index (χ4v) is 2.49. The predicted octanol–water partition coefficient (Wildman–Crippen LogP) is -0.155. The molecule has 88 valence electrons. The molecule has 0 saturated carbocycles. The van der Waals surface area contributed by atoms with Crippen LogP contribution in [0.5, 0.6) is 0 Å². The highest BCUT2D eigenvalue weighted by atomic mass is 35.5. The molecule has 0 aromatic rings. The van der Waals surface area contributed by atoms with Crippen molar-refractivity contribution in [2.45, 2.75) is 11.6 Å². The van der Waals surface area contributed by atoms with Crippen LogP contribution in [0, 0.1) is 0 Å². The number of rotatable bonds is 3. The molecule has 0 aliphatic carbocycles. The summed E-state index contributed by atoms with van der Waals surface area (Å²) < 4.78 is 26.3. The van der Waals surface area contributed by atoms with Crippen molar-refractivity contribution in [3.05, 3.63) is 0 Å². The maximum Gasteiger partial charge on any atom is 0.256 e. The molecule has 1 atom stereocenters. The van der Waals surface area contributed by atoms with Crippen LogP contribution in [-0.2, 0) is 19.4 Å². The molecular formula is C8H14ClNO4S. The van der Waals surface area contributed by atoms with E-state index in [9.17, 15) is 13.2 Å². The Labute approximate surface area is 94.3 Å². The van der Waals surface area contributed by atoms with Crippen molar-refractivity contribution in [1.29, 1.82) is 0 Å². The van der Waals surface area contributed by atoms with Gasteiger partial charge in [-0.15, -0.1) is 0 Å². The number of carbonyl (C=O) groups is 1. The third kappa shape index (κ3) is 3.06. The molecule has 1 aliphatic heterocycles. The Morgan fingerprint density at radius 3 is 2.47 bits per heavy atom. The van der Waals surface area contributed by atoms with Gasteiger partial charge in [-0.2, -0.15) is 0 Å². The molecule has 0 spiro atoms. The summed E-state index contributed by atoms with van der Waals surface area (Å²) in [6.07, 6.45) is 0. The van der Waals surface area contributed by atoms with E-state index in [4.69, 9.17) is 16.3 Å². The standard InChI is InChI=1S/C8H14ClNO4S/c1-2-15(12,13)7(9)8(11)10-3-5-14-6-4-10/h7H,2-6H2,1H3/t7-/m0/s1. The van der Waals surface area contributed by atoms with Crippen molar-refractivity contribution in [1.82, 2.24) is 4.90 Å². The maximum absolute atomic E-state index is 11.7. The second-order valence-corrected chi connectivity index (χ2v) is 6.27. The van der Waals surface area contributed by atoms with E-state index in [-0.39, 0.29) is 5.75 Å². The Bertz CT molecular complexity index is 324. The summed E-state index contributed by atoms with van der Waals surface area (Å²) >= 11 is 5.64. The Balaban J connectivity index is 2.67. The van der Waals surface area contributed by atoms with Crippen molar-refractivity contribution in [2.24, 2.45) is 0 Å². The smallest absolute Gasteiger partial charge is 0.256 e. The van der Waals surface area contributed by atoms with Gasteiger partial charge in [0.25, 0.3) is 5.91 Å². The Hall–Kier alpha value is -0.330. The van der Waals surface area contributed by atoms with E-state index in [1.165, 1.54) is 11.8 Å². The molecule has 1 amide bonds. The average molecular weight is 256 g/mol. The molecule has 0 unspecified atom stereocenters. The molecular weight excluding hydrogens is 242 g/mol. The van der Waals surface area contributed by atoms with Gasteiger partial charge in [0.1, 0.15) is 0 Å². The van der Waals surface area contributed by atoms with Gasteiger partial charge in [-0.1, -0.05) is 18.5 Å². The monoisotopic (exact) mass is 255 g/mol. The Morgan fingerprint density at radius 2 is 2.00 bits per heavy atom. The van der Waals surface area contributed by atoms with Crippen molar-refractivity contribution < 1.29 is 17.9 Å². The summed E-state index contributed by atoms with van der Waals surface area (Å²) in [4.78, 5) is 13.1. The quantitative estimate of drug-likeness (QED) is 0.658. The lowest BCUT2D eigenvalue weighted by atomic mass is 10.4. The highest BCUT2D eigenvalue weighted by molar-refractivity contribution is 7.94. The highest BCUT2D eigenvalue weighted by Crippen LogP contribution is 2.12.